The Hall–Kier alpha value is -2.70. The molecule has 2 aromatic carbocycles. The van der Waals surface area contributed by atoms with Gasteiger partial charge in [-0.25, -0.2) is 0 Å². The van der Waals surface area contributed by atoms with Crippen LogP contribution in [0.15, 0.2) is 48.5 Å². The first kappa shape index (κ1) is 17.7. The van der Waals surface area contributed by atoms with Crippen molar-refractivity contribution in [3.05, 3.63) is 54.1 Å². The lowest BCUT2D eigenvalue weighted by Gasteiger charge is -2.14. The number of hydrogen-bond donors (Lipinski definition) is 2. The molecule has 0 aliphatic carbocycles. The number of carbonyl (C=O) groups excluding carboxylic acids is 1. The van der Waals surface area contributed by atoms with Gasteiger partial charge < -0.3 is 15.4 Å². The minimum atomic E-state index is -4.79. The normalized spacial score (nSPS) is 11.0. The molecule has 0 aliphatic rings. The molecule has 0 bridgehead atoms. The maximum absolute atomic E-state index is 12.3. The van der Waals surface area contributed by atoms with Crippen LogP contribution in [0.5, 0.6) is 5.75 Å². The molecule has 0 aliphatic heterocycles. The largest absolute Gasteiger partial charge is 0.573 e. The van der Waals surface area contributed by atoms with Gasteiger partial charge >= 0.3 is 6.36 Å². The maximum atomic E-state index is 12.3. The summed E-state index contributed by atoms with van der Waals surface area (Å²) in [5.41, 5.74) is 1.80. The van der Waals surface area contributed by atoms with Crippen LogP contribution in [0.2, 0.25) is 0 Å². The van der Waals surface area contributed by atoms with Crippen molar-refractivity contribution >= 4 is 17.3 Å². The number of benzene rings is 2. The zero-order valence-electron chi connectivity index (χ0n) is 13.0. The van der Waals surface area contributed by atoms with Gasteiger partial charge in [0, 0.05) is 5.69 Å². The molecular weight excluding hydrogens is 321 g/mol. The molecular formula is C17H17F3N2O2. The van der Waals surface area contributed by atoms with Crippen molar-refractivity contribution in [2.75, 3.05) is 17.2 Å². The topological polar surface area (TPSA) is 50.4 Å². The van der Waals surface area contributed by atoms with Crippen molar-refractivity contribution in [3.8, 4) is 5.75 Å². The van der Waals surface area contributed by atoms with Crippen molar-refractivity contribution in [2.24, 2.45) is 0 Å². The number of halogens is 3. The molecule has 2 rings (SSSR count). The fourth-order valence-corrected chi connectivity index (χ4v) is 2.08. The fourth-order valence-electron chi connectivity index (χ4n) is 2.08. The summed E-state index contributed by atoms with van der Waals surface area (Å²) in [6.45, 7) is 1.81. The molecule has 0 atom stereocenters. The second kappa shape index (κ2) is 7.72. The first-order valence-corrected chi connectivity index (χ1v) is 7.35. The van der Waals surface area contributed by atoms with Crippen LogP contribution in [0.3, 0.4) is 0 Å². The number of aryl methyl sites for hydroxylation is 1. The summed E-state index contributed by atoms with van der Waals surface area (Å²) in [4.78, 5) is 11.9. The lowest BCUT2D eigenvalue weighted by molar-refractivity contribution is -0.274. The van der Waals surface area contributed by atoms with Gasteiger partial charge in [0.1, 0.15) is 0 Å². The van der Waals surface area contributed by atoms with Gasteiger partial charge in [0.2, 0.25) is 5.91 Å². The number of alkyl halides is 3. The third kappa shape index (κ3) is 5.49. The second-order valence-corrected chi connectivity index (χ2v) is 5.00. The lowest BCUT2D eigenvalue weighted by Crippen LogP contribution is -2.23. The highest BCUT2D eigenvalue weighted by atomic mass is 19.4. The summed E-state index contributed by atoms with van der Waals surface area (Å²) >= 11 is 0. The molecule has 0 fully saturated rings. The van der Waals surface area contributed by atoms with Crippen LogP contribution < -0.4 is 15.4 Å². The number of hydrogen-bond acceptors (Lipinski definition) is 3. The van der Waals surface area contributed by atoms with E-state index in [1.807, 2.05) is 25.1 Å². The van der Waals surface area contributed by atoms with E-state index < -0.39 is 6.36 Å². The third-order valence-corrected chi connectivity index (χ3v) is 3.17. The van der Waals surface area contributed by atoms with Crippen molar-refractivity contribution in [3.63, 3.8) is 0 Å². The van der Waals surface area contributed by atoms with Crippen LogP contribution in [0, 0.1) is 0 Å². The number of nitrogens with one attached hydrogen (secondary N) is 2. The van der Waals surface area contributed by atoms with Crippen molar-refractivity contribution in [2.45, 2.75) is 19.7 Å². The molecule has 0 saturated carbocycles. The zero-order chi connectivity index (χ0) is 17.6. The lowest BCUT2D eigenvalue weighted by atomic mass is 10.1. The second-order valence-electron chi connectivity index (χ2n) is 5.00. The Morgan fingerprint density at radius 3 is 2.58 bits per heavy atom. The Labute approximate surface area is 137 Å². The van der Waals surface area contributed by atoms with E-state index in [-0.39, 0.29) is 23.9 Å². The van der Waals surface area contributed by atoms with E-state index in [1.165, 1.54) is 18.2 Å². The molecule has 2 aromatic rings. The first-order chi connectivity index (χ1) is 11.4. The van der Waals surface area contributed by atoms with Gasteiger partial charge in [0.05, 0.1) is 12.2 Å². The molecule has 0 unspecified atom stereocenters. The number of anilines is 2. The summed E-state index contributed by atoms with van der Waals surface area (Å²) in [5, 5.41) is 5.34. The van der Waals surface area contributed by atoms with Gasteiger partial charge in [-0.1, -0.05) is 31.2 Å². The van der Waals surface area contributed by atoms with E-state index >= 15 is 0 Å². The van der Waals surface area contributed by atoms with E-state index in [9.17, 15) is 18.0 Å². The van der Waals surface area contributed by atoms with Gasteiger partial charge in [-0.3, -0.25) is 4.79 Å². The summed E-state index contributed by atoms with van der Waals surface area (Å²) in [6.07, 6.45) is -3.95. The minimum Gasteiger partial charge on any atom is -0.404 e. The van der Waals surface area contributed by atoms with E-state index in [4.69, 9.17) is 0 Å². The van der Waals surface area contributed by atoms with Gasteiger partial charge in [0.25, 0.3) is 0 Å². The predicted molar refractivity (Wildman–Crippen MR) is 86.1 cm³/mol. The minimum absolute atomic E-state index is 0.0901. The van der Waals surface area contributed by atoms with Crippen molar-refractivity contribution in [1.29, 1.82) is 0 Å². The first-order valence-electron chi connectivity index (χ1n) is 7.35. The van der Waals surface area contributed by atoms with Gasteiger partial charge in [-0.15, -0.1) is 13.2 Å². The molecule has 0 spiro atoms. The molecule has 4 nitrogen and oxygen atoms in total. The van der Waals surface area contributed by atoms with Gasteiger partial charge in [-0.2, -0.15) is 0 Å². The standard InChI is InChI=1S/C17H17F3N2O2/c1-2-12-6-5-7-13(10-12)22-16(23)11-21-14-8-3-4-9-15(14)24-17(18,19)20/h3-10,21H,2,11H2,1H3,(H,22,23). The molecule has 2 N–H and O–H groups in total. The van der Waals surface area contributed by atoms with E-state index in [2.05, 4.69) is 15.4 Å². The third-order valence-electron chi connectivity index (χ3n) is 3.17. The highest BCUT2D eigenvalue weighted by Crippen LogP contribution is 2.29. The molecule has 7 heteroatoms. The molecule has 1 amide bonds. The van der Waals surface area contributed by atoms with Crippen molar-refractivity contribution < 1.29 is 22.7 Å². The van der Waals surface area contributed by atoms with Crippen LogP contribution >= 0.6 is 0 Å². The van der Waals surface area contributed by atoms with E-state index in [0.29, 0.717) is 5.69 Å². The average Bonchev–Trinajstić information content (AvgIpc) is 2.53. The number of para-hydroxylation sites is 2. The van der Waals surface area contributed by atoms with Gasteiger partial charge in [-0.05, 0) is 36.2 Å². The van der Waals surface area contributed by atoms with E-state index in [0.717, 1.165) is 12.0 Å². The van der Waals surface area contributed by atoms with Crippen LogP contribution in [-0.4, -0.2) is 18.8 Å². The van der Waals surface area contributed by atoms with Crippen molar-refractivity contribution in [1.82, 2.24) is 0 Å². The number of carbonyl (C=O) groups is 1. The summed E-state index contributed by atoms with van der Waals surface area (Å²) in [6, 6.07) is 12.9. The van der Waals surface area contributed by atoms with Crippen LogP contribution in [0.4, 0.5) is 24.5 Å². The summed E-state index contributed by atoms with van der Waals surface area (Å²) < 4.78 is 41.0. The maximum Gasteiger partial charge on any atom is 0.573 e. The Balaban J connectivity index is 1.96. The molecule has 128 valence electrons. The molecule has 0 saturated heterocycles. The van der Waals surface area contributed by atoms with Crippen LogP contribution in [-0.2, 0) is 11.2 Å². The smallest absolute Gasteiger partial charge is 0.404 e. The Kier molecular flexibility index (Phi) is 5.68. The molecule has 24 heavy (non-hydrogen) atoms. The number of amides is 1. The predicted octanol–water partition coefficient (Wildman–Crippen LogP) is 4.20. The Morgan fingerprint density at radius 1 is 1.12 bits per heavy atom. The summed E-state index contributed by atoms with van der Waals surface area (Å²) in [7, 11) is 0. The highest BCUT2D eigenvalue weighted by Gasteiger charge is 2.32. The Morgan fingerprint density at radius 2 is 1.88 bits per heavy atom. The van der Waals surface area contributed by atoms with E-state index in [1.54, 1.807) is 12.1 Å². The Bertz CT molecular complexity index is 702. The van der Waals surface area contributed by atoms with Crippen LogP contribution in [0.25, 0.3) is 0 Å². The number of ether oxygens (including phenoxy) is 1. The zero-order valence-corrected chi connectivity index (χ0v) is 13.0. The van der Waals surface area contributed by atoms with Gasteiger partial charge in [0.15, 0.2) is 5.75 Å². The molecule has 0 heterocycles. The fraction of sp³-hybridized carbons (Fsp3) is 0.235. The molecule has 0 radical (unpaired) electrons. The molecule has 0 aromatic heterocycles. The van der Waals surface area contributed by atoms with Crippen LogP contribution in [0.1, 0.15) is 12.5 Å². The highest BCUT2D eigenvalue weighted by molar-refractivity contribution is 5.94. The number of rotatable bonds is 6. The average molecular weight is 338 g/mol. The quantitative estimate of drug-likeness (QED) is 0.830. The SMILES string of the molecule is CCc1cccc(NC(=O)CNc2ccccc2OC(F)(F)F)c1. The summed E-state index contributed by atoms with van der Waals surface area (Å²) in [5.74, 6) is -0.754. The monoisotopic (exact) mass is 338 g/mol.